The molecule has 3 aromatic heterocycles. The Morgan fingerprint density at radius 1 is 1.19 bits per heavy atom. The van der Waals surface area contributed by atoms with Gasteiger partial charge in [0.05, 0.1) is 5.69 Å². The molecule has 1 amide bonds. The number of aromatic nitrogens is 4. The number of nitrogens with two attached hydrogens (primary N) is 1. The van der Waals surface area contributed by atoms with Gasteiger partial charge in [-0.3, -0.25) is 4.79 Å². The minimum absolute atomic E-state index is 0.0671. The van der Waals surface area contributed by atoms with Crippen LogP contribution >= 0.6 is 0 Å². The highest BCUT2D eigenvalue weighted by atomic mass is 16.3. The number of nitrogens with zero attached hydrogens (tertiary/aromatic N) is 3. The number of carbonyl (C=O) groups is 1. The monoisotopic (exact) mass is 349 g/mol. The van der Waals surface area contributed by atoms with E-state index in [1.54, 1.807) is 25.1 Å². The van der Waals surface area contributed by atoms with E-state index in [1.165, 1.54) is 4.57 Å². The molecular formula is C18H15N5O3. The lowest BCUT2D eigenvalue weighted by atomic mass is 10.2. The van der Waals surface area contributed by atoms with Gasteiger partial charge in [-0.1, -0.05) is 12.1 Å². The Hall–Kier alpha value is -3.68. The summed E-state index contributed by atoms with van der Waals surface area (Å²) in [5.41, 5.74) is 7.01. The Morgan fingerprint density at radius 3 is 2.65 bits per heavy atom. The summed E-state index contributed by atoms with van der Waals surface area (Å²) in [6.07, 6.45) is 0. The Balaban J connectivity index is 2.08. The summed E-state index contributed by atoms with van der Waals surface area (Å²) < 4.78 is 6.93. The van der Waals surface area contributed by atoms with Crippen LogP contribution < -0.4 is 11.4 Å². The number of aromatic amines is 1. The molecule has 3 N–H and O–H groups in total. The number of rotatable bonds is 3. The molecule has 4 aromatic rings. The summed E-state index contributed by atoms with van der Waals surface area (Å²) in [6, 6.07) is 10.8. The molecule has 0 atom stereocenters. The Kier molecular flexibility index (Phi) is 3.47. The van der Waals surface area contributed by atoms with Crippen LogP contribution in [0.5, 0.6) is 0 Å². The lowest BCUT2D eigenvalue weighted by molar-refractivity contribution is 0.0997. The number of primary amides is 1. The minimum atomic E-state index is -0.764. The van der Waals surface area contributed by atoms with E-state index in [0.29, 0.717) is 17.2 Å². The molecular weight excluding hydrogens is 334 g/mol. The largest absolute Gasteiger partial charge is 0.458 e. The lowest BCUT2D eigenvalue weighted by Crippen LogP contribution is -2.15. The van der Waals surface area contributed by atoms with E-state index in [4.69, 9.17) is 10.2 Å². The Morgan fingerprint density at radius 2 is 2.00 bits per heavy atom. The van der Waals surface area contributed by atoms with Gasteiger partial charge in [-0.05, 0) is 43.7 Å². The zero-order chi connectivity index (χ0) is 18.4. The van der Waals surface area contributed by atoms with E-state index in [9.17, 15) is 9.59 Å². The summed E-state index contributed by atoms with van der Waals surface area (Å²) in [6.45, 7) is 3.71. The standard InChI is InChI=1S/C18H15N5O3/c1-9-4-3-5-11(8-9)23-17-14(21-18(23)25)13(15(19)24)20-16(22-17)12-7-6-10(2)26-12/h3-8H,1-2H3,(H2,19,24)(H,21,25). The number of imidazole rings is 1. The van der Waals surface area contributed by atoms with E-state index >= 15 is 0 Å². The van der Waals surface area contributed by atoms with Gasteiger partial charge in [0.2, 0.25) is 0 Å². The highest BCUT2D eigenvalue weighted by Crippen LogP contribution is 2.23. The fourth-order valence-corrected chi connectivity index (χ4v) is 2.83. The van der Waals surface area contributed by atoms with Gasteiger partial charge in [0, 0.05) is 0 Å². The van der Waals surface area contributed by atoms with Gasteiger partial charge in [0.25, 0.3) is 5.91 Å². The van der Waals surface area contributed by atoms with Crippen LogP contribution in [0.1, 0.15) is 21.8 Å². The average Bonchev–Trinajstić information content (AvgIpc) is 3.16. The zero-order valence-electron chi connectivity index (χ0n) is 14.1. The molecule has 0 saturated carbocycles. The van der Waals surface area contributed by atoms with Crippen molar-refractivity contribution in [3.63, 3.8) is 0 Å². The summed E-state index contributed by atoms with van der Waals surface area (Å²) in [7, 11) is 0. The molecule has 0 aliphatic rings. The molecule has 3 heterocycles. The first kappa shape index (κ1) is 15.8. The van der Waals surface area contributed by atoms with E-state index in [1.807, 2.05) is 25.1 Å². The maximum Gasteiger partial charge on any atom is 0.332 e. The predicted octanol–water partition coefficient (Wildman–Crippen LogP) is 2.08. The fourth-order valence-electron chi connectivity index (χ4n) is 2.83. The normalized spacial score (nSPS) is 11.2. The molecule has 0 radical (unpaired) electrons. The number of benzene rings is 1. The second-order valence-electron chi connectivity index (χ2n) is 5.97. The van der Waals surface area contributed by atoms with Crippen molar-refractivity contribution in [3.8, 4) is 17.3 Å². The van der Waals surface area contributed by atoms with Crippen LogP contribution in [0.2, 0.25) is 0 Å². The molecule has 0 spiro atoms. The third-order valence-electron chi connectivity index (χ3n) is 3.99. The first-order chi connectivity index (χ1) is 12.4. The van der Waals surface area contributed by atoms with E-state index in [2.05, 4.69) is 15.0 Å². The second-order valence-corrected chi connectivity index (χ2v) is 5.97. The van der Waals surface area contributed by atoms with Gasteiger partial charge in [-0.2, -0.15) is 0 Å². The quantitative estimate of drug-likeness (QED) is 0.587. The highest BCUT2D eigenvalue weighted by Gasteiger charge is 2.21. The topological polar surface area (TPSA) is 120 Å². The summed E-state index contributed by atoms with van der Waals surface area (Å²) in [4.78, 5) is 35.7. The van der Waals surface area contributed by atoms with Gasteiger partial charge in [-0.25, -0.2) is 19.3 Å². The predicted molar refractivity (Wildman–Crippen MR) is 95.2 cm³/mol. The van der Waals surface area contributed by atoms with Crippen LogP contribution in [0.15, 0.2) is 45.6 Å². The van der Waals surface area contributed by atoms with Crippen LogP contribution in [0.4, 0.5) is 0 Å². The maximum absolute atomic E-state index is 12.5. The van der Waals surface area contributed by atoms with Crippen molar-refractivity contribution in [2.75, 3.05) is 0 Å². The number of carbonyl (C=O) groups excluding carboxylic acids is 1. The Bertz CT molecular complexity index is 1220. The first-order valence-corrected chi connectivity index (χ1v) is 7.90. The molecule has 0 bridgehead atoms. The van der Waals surface area contributed by atoms with Gasteiger partial charge in [0.15, 0.2) is 22.9 Å². The summed E-state index contributed by atoms with van der Waals surface area (Å²) >= 11 is 0. The first-order valence-electron chi connectivity index (χ1n) is 7.90. The number of amides is 1. The number of aryl methyl sites for hydroxylation is 2. The van der Waals surface area contributed by atoms with Crippen molar-refractivity contribution in [3.05, 3.63) is 63.9 Å². The molecule has 1 aromatic carbocycles. The van der Waals surface area contributed by atoms with Crippen LogP contribution in [-0.4, -0.2) is 25.4 Å². The molecule has 8 heteroatoms. The minimum Gasteiger partial charge on any atom is -0.458 e. The van der Waals surface area contributed by atoms with Crippen molar-refractivity contribution in [1.82, 2.24) is 19.5 Å². The molecule has 8 nitrogen and oxygen atoms in total. The lowest BCUT2D eigenvalue weighted by Gasteiger charge is -2.06. The molecule has 0 aliphatic heterocycles. The Labute approximate surface area is 147 Å². The third-order valence-corrected chi connectivity index (χ3v) is 3.99. The smallest absolute Gasteiger partial charge is 0.332 e. The van der Waals surface area contributed by atoms with E-state index in [0.717, 1.165) is 5.56 Å². The van der Waals surface area contributed by atoms with Gasteiger partial charge in [0.1, 0.15) is 11.3 Å². The average molecular weight is 349 g/mol. The van der Waals surface area contributed by atoms with Crippen molar-refractivity contribution in [2.45, 2.75) is 13.8 Å². The third kappa shape index (κ3) is 2.48. The van der Waals surface area contributed by atoms with E-state index < -0.39 is 11.6 Å². The van der Waals surface area contributed by atoms with Crippen LogP contribution in [-0.2, 0) is 0 Å². The molecule has 130 valence electrons. The van der Waals surface area contributed by atoms with Crippen molar-refractivity contribution < 1.29 is 9.21 Å². The molecule has 0 fully saturated rings. The number of fused-ring (bicyclic) bond motifs is 1. The maximum atomic E-state index is 12.5. The van der Waals surface area contributed by atoms with Crippen molar-refractivity contribution in [2.24, 2.45) is 5.73 Å². The molecule has 26 heavy (non-hydrogen) atoms. The van der Waals surface area contributed by atoms with Crippen LogP contribution in [0.25, 0.3) is 28.4 Å². The van der Waals surface area contributed by atoms with Crippen molar-refractivity contribution in [1.29, 1.82) is 0 Å². The number of H-pyrrole nitrogens is 1. The van der Waals surface area contributed by atoms with Gasteiger partial charge in [-0.15, -0.1) is 0 Å². The van der Waals surface area contributed by atoms with Crippen molar-refractivity contribution >= 4 is 17.1 Å². The molecule has 0 saturated heterocycles. The molecule has 4 rings (SSSR count). The number of hydrogen-bond donors (Lipinski definition) is 2. The van der Waals surface area contributed by atoms with Gasteiger partial charge < -0.3 is 15.1 Å². The van der Waals surface area contributed by atoms with Crippen LogP contribution in [0, 0.1) is 13.8 Å². The van der Waals surface area contributed by atoms with Gasteiger partial charge >= 0.3 is 5.69 Å². The SMILES string of the molecule is Cc1cccc(-n2c(=O)[nH]c3c(C(N)=O)nc(-c4ccc(C)o4)nc32)c1. The zero-order valence-corrected chi connectivity index (χ0v) is 14.1. The fraction of sp³-hybridized carbons (Fsp3) is 0.111. The number of furan rings is 1. The number of hydrogen-bond acceptors (Lipinski definition) is 5. The molecule has 0 unspecified atom stereocenters. The second kappa shape index (κ2) is 5.69. The van der Waals surface area contributed by atoms with Crippen LogP contribution in [0.3, 0.4) is 0 Å². The molecule has 0 aliphatic carbocycles. The summed E-state index contributed by atoms with van der Waals surface area (Å²) in [5.74, 6) is 0.477. The highest BCUT2D eigenvalue weighted by molar-refractivity contribution is 6.02. The summed E-state index contributed by atoms with van der Waals surface area (Å²) in [5, 5.41) is 0. The van der Waals surface area contributed by atoms with E-state index in [-0.39, 0.29) is 22.7 Å². The number of nitrogens with one attached hydrogen (secondary N) is 1.